The first-order chi connectivity index (χ1) is 8.47. The Hall–Kier alpha value is -0.673. The van der Waals surface area contributed by atoms with Crippen molar-refractivity contribution < 1.29 is 23.2 Å². The van der Waals surface area contributed by atoms with Crippen molar-refractivity contribution in [2.45, 2.75) is 13.8 Å². The van der Waals surface area contributed by atoms with Crippen molar-refractivity contribution in [3.8, 4) is 0 Å². The minimum Gasteiger partial charge on any atom is -0.396 e. The number of urea groups is 1. The van der Waals surface area contributed by atoms with Crippen molar-refractivity contribution in [2.24, 2.45) is 17.6 Å². The van der Waals surface area contributed by atoms with Crippen LogP contribution in [-0.4, -0.2) is 52.5 Å². The molecule has 1 heterocycles. The van der Waals surface area contributed by atoms with Gasteiger partial charge in [-0.3, -0.25) is 0 Å². The van der Waals surface area contributed by atoms with Crippen LogP contribution in [0.2, 0.25) is 0 Å². The van der Waals surface area contributed by atoms with Gasteiger partial charge in [0.15, 0.2) is 0 Å². The summed E-state index contributed by atoms with van der Waals surface area (Å²) in [7, 11) is -2.89. The van der Waals surface area contributed by atoms with E-state index in [2.05, 4.69) is 5.32 Å². The van der Waals surface area contributed by atoms with Gasteiger partial charge in [-0.05, 0) is 0 Å². The fourth-order valence-corrected chi connectivity index (χ4v) is 3.94. The minimum atomic E-state index is -2.89. The summed E-state index contributed by atoms with van der Waals surface area (Å²) < 4.78 is 17.0. The summed E-state index contributed by atoms with van der Waals surface area (Å²) in [5, 5.41) is 11.4. The monoisotopic (exact) mass is 278 g/mol. The average molecular weight is 278 g/mol. The number of rotatable bonds is 6. The van der Waals surface area contributed by atoms with Crippen LogP contribution >= 0.6 is 0 Å². The summed E-state index contributed by atoms with van der Waals surface area (Å²) in [5.41, 5.74) is 5.04. The van der Waals surface area contributed by atoms with E-state index in [0.717, 1.165) is 0 Å². The number of hydrogen-bond acceptors (Lipinski definition) is 5. The van der Waals surface area contributed by atoms with Crippen molar-refractivity contribution in [3.05, 3.63) is 0 Å². The summed E-state index contributed by atoms with van der Waals surface area (Å²) in [6.07, 6.45) is 0.160. The van der Waals surface area contributed by atoms with Gasteiger partial charge in [0.05, 0.1) is 6.17 Å². The van der Waals surface area contributed by atoms with E-state index in [1.54, 1.807) is 0 Å². The molecule has 0 radical (unpaired) electrons. The zero-order valence-corrected chi connectivity index (χ0v) is 11.8. The number of aliphatic hydroxyl groups is 1. The summed E-state index contributed by atoms with van der Waals surface area (Å²) in [6.45, 7) is 5.31. The van der Waals surface area contributed by atoms with Gasteiger partial charge in [0, 0.05) is 38.3 Å². The van der Waals surface area contributed by atoms with Crippen LogP contribution < -0.4 is 11.1 Å². The van der Waals surface area contributed by atoms with E-state index in [9.17, 15) is 4.79 Å². The molecule has 1 unspecified atom stereocenters. The molecule has 1 atom stereocenters. The largest absolute Gasteiger partial charge is 0.521 e. The molecule has 1 saturated heterocycles. The molecule has 1 rings (SSSR count). The summed E-state index contributed by atoms with van der Waals surface area (Å²) >= 11 is 0. The van der Waals surface area contributed by atoms with Gasteiger partial charge >= 0.3 is 14.8 Å². The molecule has 4 N–H and O–H groups in total. The second-order valence-electron chi connectivity index (χ2n) is 4.73. The Morgan fingerprint density at radius 3 is 2.72 bits per heavy atom. The van der Waals surface area contributed by atoms with Gasteiger partial charge in [-0.1, -0.05) is 13.8 Å². The molecular formula is C10H22N2O5Si. The molecule has 1 aliphatic heterocycles. The zero-order chi connectivity index (χ0) is 13.6. The van der Waals surface area contributed by atoms with Crippen LogP contribution in [0.4, 0.5) is 4.79 Å². The van der Waals surface area contributed by atoms with Gasteiger partial charge in [-0.2, -0.15) is 0 Å². The summed E-state index contributed by atoms with van der Waals surface area (Å²) in [6, 6.07) is -0.633. The fraction of sp³-hybridized carbons (Fsp3) is 0.900. The Bertz CT molecular complexity index is 271. The Balaban J connectivity index is 2.53. The predicted octanol–water partition coefficient (Wildman–Crippen LogP) is -0.539. The molecule has 1 aliphatic rings. The number of nitrogens with two attached hydrogens (primary N) is 1. The molecule has 0 aromatic carbocycles. The first kappa shape index (κ1) is 15.4. The minimum absolute atomic E-state index is 0.00509. The van der Waals surface area contributed by atoms with Crippen LogP contribution in [-0.2, 0) is 13.3 Å². The molecular weight excluding hydrogens is 256 g/mol. The van der Waals surface area contributed by atoms with Gasteiger partial charge in [0.1, 0.15) is 0 Å². The lowest BCUT2D eigenvalue weighted by atomic mass is 10.2. The predicted molar refractivity (Wildman–Crippen MR) is 66.6 cm³/mol. The van der Waals surface area contributed by atoms with Crippen LogP contribution in [0, 0.1) is 11.8 Å². The molecule has 0 aromatic rings. The van der Waals surface area contributed by atoms with Crippen LogP contribution in [0.25, 0.3) is 0 Å². The molecule has 8 heteroatoms. The Morgan fingerprint density at radius 2 is 2.22 bits per heavy atom. The van der Waals surface area contributed by atoms with E-state index >= 15 is 0 Å². The quantitative estimate of drug-likeness (QED) is 0.566. The molecule has 0 aliphatic carbocycles. The number of nitrogens with one attached hydrogen (secondary N) is 1. The molecule has 0 spiro atoms. The standard InChI is InChI=1S/C10H22N2O5Si/c1-8(3-13)4-15-18(7-12-10(11)14)16-5-9(2)6-17-18/h8-9,13H,3-7H2,1-2H3,(H3,11,12,14). The lowest BCUT2D eigenvalue weighted by molar-refractivity contribution is -0.0132. The van der Waals surface area contributed by atoms with Crippen LogP contribution in [0.1, 0.15) is 13.8 Å². The normalized spacial score (nSPS) is 29.8. The first-order valence-electron chi connectivity index (χ1n) is 6.03. The maximum absolute atomic E-state index is 10.8. The second kappa shape index (κ2) is 7.05. The molecule has 0 aromatic heterocycles. The summed E-state index contributed by atoms with van der Waals surface area (Å²) in [5.74, 6) is 0.299. The zero-order valence-electron chi connectivity index (χ0n) is 10.8. The van der Waals surface area contributed by atoms with Gasteiger partial charge in [0.25, 0.3) is 0 Å². The lowest BCUT2D eigenvalue weighted by Gasteiger charge is -2.36. The van der Waals surface area contributed by atoms with Crippen molar-refractivity contribution in [2.75, 3.05) is 32.6 Å². The van der Waals surface area contributed by atoms with Crippen molar-refractivity contribution in [1.29, 1.82) is 0 Å². The summed E-state index contributed by atoms with van der Waals surface area (Å²) in [4.78, 5) is 10.8. The molecule has 106 valence electrons. The van der Waals surface area contributed by atoms with Crippen LogP contribution in [0.3, 0.4) is 0 Å². The Kier molecular flexibility index (Phi) is 6.02. The van der Waals surface area contributed by atoms with E-state index < -0.39 is 14.8 Å². The van der Waals surface area contributed by atoms with Gasteiger partial charge < -0.3 is 29.4 Å². The number of primary amides is 1. The smallest absolute Gasteiger partial charge is 0.396 e. The number of carbonyl (C=O) groups excluding carboxylic acids is 1. The molecule has 2 amide bonds. The maximum atomic E-state index is 10.8. The van der Waals surface area contributed by atoms with E-state index in [0.29, 0.717) is 25.7 Å². The number of aliphatic hydroxyl groups excluding tert-OH is 1. The fourth-order valence-electron chi connectivity index (χ4n) is 1.38. The molecule has 18 heavy (non-hydrogen) atoms. The van der Waals surface area contributed by atoms with Crippen molar-refractivity contribution in [1.82, 2.24) is 5.32 Å². The Labute approximate surface area is 108 Å². The SMILES string of the molecule is CC(CO)CO[Si]1(CNC(N)=O)OCC(C)CO1. The number of hydrogen-bond donors (Lipinski definition) is 3. The van der Waals surface area contributed by atoms with Crippen LogP contribution in [0.5, 0.6) is 0 Å². The van der Waals surface area contributed by atoms with E-state index in [1.807, 2.05) is 13.8 Å². The molecule has 0 saturated carbocycles. The second-order valence-corrected chi connectivity index (χ2v) is 7.31. The third-order valence-electron chi connectivity index (χ3n) is 2.55. The average Bonchev–Trinajstić information content (AvgIpc) is 2.36. The van der Waals surface area contributed by atoms with Gasteiger partial charge in [-0.25, -0.2) is 4.79 Å². The third kappa shape index (κ3) is 4.90. The maximum Gasteiger partial charge on any atom is 0.521 e. The topological polar surface area (TPSA) is 103 Å². The highest BCUT2D eigenvalue weighted by molar-refractivity contribution is 6.61. The molecule has 1 fully saturated rings. The first-order valence-corrected chi connectivity index (χ1v) is 7.96. The third-order valence-corrected chi connectivity index (χ3v) is 4.98. The Morgan fingerprint density at radius 1 is 1.61 bits per heavy atom. The van der Waals surface area contributed by atoms with E-state index in [4.69, 9.17) is 24.1 Å². The van der Waals surface area contributed by atoms with Crippen molar-refractivity contribution in [3.63, 3.8) is 0 Å². The highest BCUT2D eigenvalue weighted by Crippen LogP contribution is 2.19. The lowest BCUT2D eigenvalue weighted by Crippen LogP contribution is -2.59. The number of carbonyl (C=O) groups is 1. The van der Waals surface area contributed by atoms with Gasteiger partial charge in [0.2, 0.25) is 0 Å². The van der Waals surface area contributed by atoms with E-state index in [-0.39, 0.29) is 18.7 Å². The number of amides is 2. The van der Waals surface area contributed by atoms with Crippen LogP contribution in [0.15, 0.2) is 0 Å². The molecule has 7 nitrogen and oxygen atoms in total. The highest BCUT2D eigenvalue weighted by atomic mass is 28.4. The molecule has 0 bridgehead atoms. The van der Waals surface area contributed by atoms with E-state index in [1.165, 1.54) is 0 Å². The highest BCUT2D eigenvalue weighted by Gasteiger charge is 2.45. The van der Waals surface area contributed by atoms with Crippen molar-refractivity contribution >= 4 is 14.8 Å². The van der Waals surface area contributed by atoms with Gasteiger partial charge in [-0.15, -0.1) is 0 Å².